The van der Waals surface area contributed by atoms with E-state index in [2.05, 4.69) is 16.0 Å². The highest BCUT2D eigenvalue weighted by atomic mass is 35.5. The smallest absolute Gasteiger partial charge is 0.354 e. The zero-order valence-corrected chi connectivity index (χ0v) is 38.0. The number of carbonyl (C=O) groups excluding carboxylic acids is 7. The van der Waals surface area contributed by atoms with Crippen molar-refractivity contribution in [2.24, 2.45) is 11.3 Å². The van der Waals surface area contributed by atoms with Crippen LogP contribution in [0.3, 0.4) is 0 Å². The standard InChI is InChI=1S/C42H54Cl2F7N7O7/c1-21(2)12-28-37(63)56(5)32(14-23-13-24(43)9-10-27(23)44)38(64)57-17-25(45)15-30(57)33(59)52-11-7-6-8-29(34(60)54-28)55(4)36(62)22(3)53-35(61)31-16-26(46)18-58(31)39(65)40(42(49,50)51)19-41(47,48)20-40/h9-10,13,21-22,25-26,28-32H,6-8,11-12,14-20H2,1-5H3,(H,52,59)(H,53,61)(H,54,60)/t22-,25+,26+,28-,29-,30+,31-,32-/m0/s1. The lowest BCUT2D eigenvalue weighted by molar-refractivity contribution is -0.299. The van der Waals surface area contributed by atoms with Gasteiger partial charge in [0.1, 0.15) is 48.6 Å². The molecule has 1 aromatic carbocycles. The van der Waals surface area contributed by atoms with Crippen molar-refractivity contribution in [1.82, 2.24) is 35.6 Å². The van der Waals surface area contributed by atoms with Crippen molar-refractivity contribution in [2.75, 3.05) is 33.7 Å². The molecule has 3 aliphatic heterocycles. The SMILES string of the molecule is CC(C)C[C@@H]1NC(=O)[C@@H](N(C)C(=O)[C@H](C)NC(=O)[C@@H]2C[C@@H](F)CN2C(=O)C2(C(F)(F)F)CC(F)(F)C2)CCCCNC(=O)[C@H]2C[C@@H](F)CN2C(=O)[C@H](Cc2cc(Cl)ccc2Cl)N(C)C1=O. The highest BCUT2D eigenvalue weighted by Crippen LogP contribution is 2.61. The van der Waals surface area contributed by atoms with E-state index in [4.69, 9.17) is 23.2 Å². The number of nitrogens with one attached hydrogen (secondary N) is 3. The Bertz CT molecular complexity index is 2010. The third-order valence-electron chi connectivity index (χ3n) is 12.6. The minimum absolute atomic E-state index is 0.0160. The molecule has 0 radical (unpaired) electrons. The van der Waals surface area contributed by atoms with E-state index in [-0.39, 0.29) is 65.9 Å². The van der Waals surface area contributed by atoms with E-state index in [1.165, 1.54) is 39.2 Å². The zero-order valence-electron chi connectivity index (χ0n) is 36.5. The monoisotopic (exact) mass is 971 g/mol. The Morgan fingerprint density at radius 3 is 2.22 bits per heavy atom. The molecule has 0 unspecified atom stereocenters. The topological polar surface area (TPSA) is 169 Å². The Labute approximate surface area is 381 Å². The number of amides is 7. The average Bonchev–Trinajstić information content (AvgIpc) is 3.80. The highest BCUT2D eigenvalue weighted by molar-refractivity contribution is 6.33. The molecule has 1 saturated carbocycles. The Kier molecular flexibility index (Phi) is 16.0. The number of hydrogen-bond donors (Lipinski definition) is 3. The molecule has 4 aliphatic rings. The largest absolute Gasteiger partial charge is 0.403 e. The molecule has 65 heavy (non-hydrogen) atoms. The van der Waals surface area contributed by atoms with Crippen LogP contribution < -0.4 is 16.0 Å². The lowest BCUT2D eigenvalue weighted by Crippen LogP contribution is -2.65. The normalized spacial score (nSPS) is 28.3. The van der Waals surface area contributed by atoms with Crippen LogP contribution in [0.25, 0.3) is 0 Å². The number of likely N-dealkylation sites (tertiary alicyclic amines) is 1. The van der Waals surface area contributed by atoms with Gasteiger partial charge in [-0.25, -0.2) is 17.6 Å². The number of nitrogens with zero attached hydrogens (tertiary/aromatic N) is 4. The Hall–Kier alpha value is -4.40. The van der Waals surface area contributed by atoms with Gasteiger partial charge >= 0.3 is 6.18 Å². The van der Waals surface area contributed by atoms with E-state index in [9.17, 15) is 59.9 Å². The molecule has 0 aromatic heterocycles. The van der Waals surface area contributed by atoms with E-state index in [1.54, 1.807) is 13.8 Å². The highest BCUT2D eigenvalue weighted by Gasteiger charge is 2.75. The number of benzene rings is 1. The van der Waals surface area contributed by atoms with Crippen LogP contribution in [0.1, 0.15) is 77.7 Å². The van der Waals surface area contributed by atoms with Crippen molar-refractivity contribution in [3.8, 4) is 0 Å². The second kappa shape index (κ2) is 20.2. The number of likely N-dealkylation sites (N-methyl/N-ethyl adjacent to an activating group) is 2. The van der Waals surface area contributed by atoms with Gasteiger partial charge in [0.2, 0.25) is 41.4 Å². The molecule has 1 aromatic rings. The Balaban J connectivity index is 1.40. The van der Waals surface area contributed by atoms with Gasteiger partial charge in [-0.15, -0.1) is 0 Å². The summed E-state index contributed by atoms with van der Waals surface area (Å²) in [6.07, 6.45) is -13.6. The summed E-state index contributed by atoms with van der Waals surface area (Å²) in [5.74, 6) is -11.1. The molecule has 7 amide bonds. The van der Waals surface area contributed by atoms with Crippen molar-refractivity contribution in [1.29, 1.82) is 0 Å². The van der Waals surface area contributed by atoms with Gasteiger partial charge in [-0.05, 0) is 62.3 Å². The van der Waals surface area contributed by atoms with Crippen LogP contribution in [0.15, 0.2) is 18.2 Å². The molecule has 3 heterocycles. The van der Waals surface area contributed by atoms with E-state index in [1.807, 2.05) is 0 Å². The van der Waals surface area contributed by atoms with Gasteiger partial charge < -0.3 is 35.6 Å². The Morgan fingerprint density at radius 2 is 1.60 bits per heavy atom. The molecule has 3 saturated heterocycles. The fourth-order valence-electron chi connectivity index (χ4n) is 9.09. The molecule has 23 heteroatoms. The second-order valence-corrected chi connectivity index (χ2v) is 18.9. The van der Waals surface area contributed by atoms with Crippen LogP contribution in [0.4, 0.5) is 30.7 Å². The lowest BCUT2D eigenvalue weighted by atomic mass is 9.64. The van der Waals surface area contributed by atoms with Gasteiger partial charge in [-0.2, -0.15) is 13.2 Å². The van der Waals surface area contributed by atoms with Gasteiger partial charge in [0, 0.05) is 62.8 Å². The molecule has 0 spiro atoms. The number of alkyl halides is 7. The zero-order chi connectivity index (χ0) is 48.5. The van der Waals surface area contributed by atoms with Crippen LogP contribution in [-0.2, 0) is 40.0 Å². The quantitative estimate of drug-likeness (QED) is 0.309. The second-order valence-electron chi connectivity index (χ2n) is 18.0. The maximum Gasteiger partial charge on any atom is 0.403 e. The number of fused-ring (bicyclic) bond motifs is 1. The maximum atomic E-state index is 15.0. The van der Waals surface area contributed by atoms with Gasteiger partial charge in [0.05, 0.1) is 13.1 Å². The summed E-state index contributed by atoms with van der Waals surface area (Å²) < 4.78 is 99.5. The van der Waals surface area contributed by atoms with Crippen molar-refractivity contribution >= 4 is 64.6 Å². The lowest BCUT2D eigenvalue weighted by Gasteiger charge is -2.48. The van der Waals surface area contributed by atoms with Crippen LogP contribution in [0.5, 0.6) is 0 Å². The fourth-order valence-corrected chi connectivity index (χ4v) is 9.48. The molecule has 14 nitrogen and oxygen atoms in total. The Morgan fingerprint density at radius 1 is 0.954 bits per heavy atom. The summed E-state index contributed by atoms with van der Waals surface area (Å²) in [6, 6.07) is -4.18. The van der Waals surface area contributed by atoms with Crippen molar-refractivity contribution in [2.45, 2.75) is 139 Å². The first-order chi connectivity index (χ1) is 30.2. The molecule has 0 bridgehead atoms. The number of carbonyl (C=O) groups is 7. The molecular weight excluding hydrogens is 918 g/mol. The summed E-state index contributed by atoms with van der Waals surface area (Å²) >= 11 is 12.7. The molecule has 1 aliphatic carbocycles. The van der Waals surface area contributed by atoms with Gasteiger partial charge in [0.15, 0.2) is 5.41 Å². The van der Waals surface area contributed by atoms with Crippen LogP contribution >= 0.6 is 23.2 Å². The molecule has 4 fully saturated rings. The molecule has 3 N–H and O–H groups in total. The van der Waals surface area contributed by atoms with Crippen LogP contribution in [0, 0.1) is 11.3 Å². The number of hydrogen-bond acceptors (Lipinski definition) is 7. The number of halogens is 9. The minimum Gasteiger partial charge on any atom is -0.354 e. The molecular formula is C42H54Cl2F7N7O7. The fraction of sp³-hybridized carbons (Fsp3) is 0.690. The van der Waals surface area contributed by atoms with Gasteiger partial charge in [0.25, 0.3) is 5.92 Å². The average molecular weight is 973 g/mol. The molecule has 8 atom stereocenters. The predicted molar refractivity (Wildman–Crippen MR) is 222 cm³/mol. The van der Waals surface area contributed by atoms with E-state index in [0.717, 1.165) is 14.7 Å². The summed E-state index contributed by atoms with van der Waals surface area (Å²) in [7, 11) is 2.54. The maximum absolute atomic E-state index is 15.0. The summed E-state index contributed by atoms with van der Waals surface area (Å²) in [6.45, 7) is 3.34. The van der Waals surface area contributed by atoms with Crippen LogP contribution in [-0.4, -0.2) is 155 Å². The van der Waals surface area contributed by atoms with E-state index >= 15 is 4.39 Å². The van der Waals surface area contributed by atoms with Crippen molar-refractivity contribution in [3.05, 3.63) is 33.8 Å². The predicted octanol–water partition coefficient (Wildman–Crippen LogP) is 4.38. The third-order valence-corrected chi connectivity index (χ3v) is 13.2. The van der Waals surface area contributed by atoms with Crippen LogP contribution in [0.2, 0.25) is 10.0 Å². The third kappa shape index (κ3) is 11.4. The minimum atomic E-state index is -5.43. The summed E-state index contributed by atoms with van der Waals surface area (Å²) in [5.41, 5.74) is -3.17. The first-order valence-corrected chi connectivity index (χ1v) is 22.1. The van der Waals surface area contributed by atoms with Crippen molar-refractivity contribution in [3.63, 3.8) is 0 Å². The summed E-state index contributed by atoms with van der Waals surface area (Å²) in [4.78, 5) is 101. The molecule has 362 valence electrons. The van der Waals surface area contributed by atoms with Gasteiger partial charge in [-0.1, -0.05) is 37.0 Å². The van der Waals surface area contributed by atoms with E-state index in [0.29, 0.717) is 5.56 Å². The van der Waals surface area contributed by atoms with Gasteiger partial charge in [-0.3, -0.25) is 33.6 Å². The van der Waals surface area contributed by atoms with E-state index < -0.39 is 140 Å². The molecule has 5 rings (SSSR count). The first-order valence-electron chi connectivity index (χ1n) is 21.4. The van der Waals surface area contributed by atoms with Crippen molar-refractivity contribution < 1.29 is 64.3 Å². The number of rotatable bonds is 9. The summed E-state index contributed by atoms with van der Waals surface area (Å²) in [5, 5.41) is 8.16. The first kappa shape index (κ1) is 51.6.